The molecule has 0 bridgehead atoms. The van der Waals surface area contributed by atoms with Crippen LogP contribution in [0.15, 0.2) is 60.2 Å². The van der Waals surface area contributed by atoms with Crippen molar-refractivity contribution >= 4 is 34.3 Å². The molecule has 0 aliphatic carbocycles. The summed E-state index contributed by atoms with van der Waals surface area (Å²) < 4.78 is 25.1. The number of hydrogen-bond acceptors (Lipinski definition) is 8. The standard InChI is InChI=1S/C41H67NO8Si2/c1-29(28-47-51(11,12)40(5,6)7)16-15-17-31(3)39-32(4)18-20-33(26-37(43)48-35-24-21-34(22-25-35)42(45)46)30(2)19-23-36(27-38(44)49-39)50-52(13,14)41(8,9)10/h15-18,20-22,24-25,29-30,32-33,36,39H,19,23,26-28H2,1-14H3/b16-15+,20-18+,31-17+/t29-,30+,32+,33-,36-,39-/m1/s1. The Balaban J connectivity index is 2.37. The number of carbonyl (C=O) groups is 2. The van der Waals surface area contributed by atoms with E-state index in [1.807, 2.05) is 32.1 Å². The van der Waals surface area contributed by atoms with E-state index in [-0.39, 0.29) is 70.1 Å². The Kier molecular flexibility index (Phi) is 16.5. The van der Waals surface area contributed by atoms with Crippen LogP contribution in [0.3, 0.4) is 0 Å². The van der Waals surface area contributed by atoms with Gasteiger partial charge in [-0.25, -0.2) is 0 Å². The van der Waals surface area contributed by atoms with E-state index in [2.05, 4.69) is 93.7 Å². The molecule has 2 rings (SSSR count). The number of allylic oxidation sites excluding steroid dienone is 3. The van der Waals surface area contributed by atoms with Crippen molar-refractivity contribution in [3.05, 3.63) is 70.3 Å². The van der Waals surface area contributed by atoms with Crippen LogP contribution in [0.4, 0.5) is 5.69 Å². The Hall–Kier alpha value is -2.87. The summed E-state index contributed by atoms with van der Waals surface area (Å²) in [5, 5.41) is 11.2. The summed E-state index contributed by atoms with van der Waals surface area (Å²) in [6.07, 6.45) is 11.1. The van der Waals surface area contributed by atoms with Crippen LogP contribution < -0.4 is 4.74 Å². The third-order valence-corrected chi connectivity index (χ3v) is 20.2. The Morgan fingerprint density at radius 2 is 1.60 bits per heavy atom. The Morgan fingerprint density at radius 3 is 2.15 bits per heavy atom. The highest BCUT2D eigenvalue weighted by molar-refractivity contribution is 6.74. The van der Waals surface area contributed by atoms with Crippen molar-refractivity contribution in [1.29, 1.82) is 0 Å². The van der Waals surface area contributed by atoms with E-state index in [1.165, 1.54) is 24.3 Å². The Bertz CT molecular complexity index is 1440. The Labute approximate surface area is 316 Å². The predicted octanol–water partition coefficient (Wildman–Crippen LogP) is 11.0. The van der Waals surface area contributed by atoms with E-state index in [4.69, 9.17) is 18.3 Å². The molecular formula is C41H67NO8Si2. The molecule has 0 unspecified atom stereocenters. The van der Waals surface area contributed by atoms with Gasteiger partial charge in [-0.3, -0.25) is 19.7 Å². The highest BCUT2D eigenvalue weighted by Crippen LogP contribution is 2.39. The number of cyclic esters (lactones) is 1. The normalized spacial score (nSPS) is 24.4. The number of nitro groups is 1. The van der Waals surface area contributed by atoms with Gasteiger partial charge in [0.05, 0.1) is 23.9 Å². The molecule has 52 heavy (non-hydrogen) atoms. The minimum absolute atomic E-state index is 0.0331. The topological polar surface area (TPSA) is 114 Å². The fourth-order valence-corrected chi connectivity index (χ4v) is 7.93. The van der Waals surface area contributed by atoms with Gasteiger partial charge < -0.3 is 18.3 Å². The van der Waals surface area contributed by atoms with Crippen molar-refractivity contribution < 1.29 is 32.8 Å². The first-order valence-electron chi connectivity index (χ1n) is 18.8. The number of nitrogens with zero attached hydrogens (tertiary/aromatic N) is 1. The van der Waals surface area contributed by atoms with Crippen LogP contribution in [0.5, 0.6) is 5.75 Å². The maximum atomic E-state index is 13.6. The number of non-ortho nitro benzene ring substituents is 1. The van der Waals surface area contributed by atoms with Gasteiger partial charge in [-0.1, -0.05) is 92.7 Å². The van der Waals surface area contributed by atoms with Gasteiger partial charge in [0.1, 0.15) is 11.9 Å². The van der Waals surface area contributed by atoms with Crippen molar-refractivity contribution in [2.75, 3.05) is 6.61 Å². The second-order valence-corrected chi connectivity index (χ2v) is 27.4. The lowest BCUT2D eigenvalue weighted by Gasteiger charge is -2.39. The second kappa shape index (κ2) is 18.9. The largest absolute Gasteiger partial charge is 0.457 e. The SMILES string of the molecule is C/C(=C\C=C\[C@@H](C)CO[Si](C)(C)C(C)(C)C)[C@H]1OC(=O)C[C@H](O[Si](C)(C)C(C)(C)C)CC[C@H](C)[C@@H](CC(=O)Oc2ccc([N+](=O)[O-])cc2)/C=C/[C@@H]1C. The summed E-state index contributed by atoms with van der Waals surface area (Å²) in [7, 11) is -4.06. The van der Waals surface area contributed by atoms with Crippen molar-refractivity contribution in [3.8, 4) is 5.75 Å². The van der Waals surface area contributed by atoms with Crippen LogP contribution in [0.25, 0.3) is 0 Å². The molecule has 0 saturated heterocycles. The van der Waals surface area contributed by atoms with E-state index < -0.39 is 33.6 Å². The first kappa shape index (κ1) is 45.3. The predicted molar refractivity (Wildman–Crippen MR) is 215 cm³/mol. The first-order valence-corrected chi connectivity index (χ1v) is 24.6. The number of ether oxygens (including phenoxy) is 2. The molecule has 1 aromatic carbocycles. The maximum Gasteiger partial charge on any atom is 0.311 e. The van der Waals surface area contributed by atoms with Crippen LogP contribution in [0.2, 0.25) is 36.3 Å². The number of esters is 2. The monoisotopic (exact) mass is 757 g/mol. The summed E-state index contributed by atoms with van der Waals surface area (Å²) in [6.45, 7) is 31.1. The molecule has 0 N–H and O–H groups in total. The average molecular weight is 758 g/mol. The molecule has 0 spiro atoms. The van der Waals surface area contributed by atoms with Crippen molar-refractivity contribution in [2.45, 2.75) is 143 Å². The number of carbonyl (C=O) groups excluding carboxylic acids is 2. The van der Waals surface area contributed by atoms with Gasteiger partial charge >= 0.3 is 11.9 Å². The average Bonchev–Trinajstić information content (AvgIpc) is 3.01. The summed E-state index contributed by atoms with van der Waals surface area (Å²) in [5.41, 5.74) is 0.847. The molecule has 0 fully saturated rings. The Morgan fingerprint density at radius 1 is 1.00 bits per heavy atom. The fraction of sp³-hybridized carbons (Fsp3) is 0.659. The van der Waals surface area contributed by atoms with E-state index >= 15 is 0 Å². The molecule has 1 heterocycles. The van der Waals surface area contributed by atoms with Crippen molar-refractivity contribution in [1.82, 2.24) is 0 Å². The van der Waals surface area contributed by atoms with Crippen LogP contribution in [0, 0.1) is 33.8 Å². The van der Waals surface area contributed by atoms with Gasteiger partial charge in [-0.15, -0.1) is 0 Å². The van der Waals surface area contributed by atoms with Crippen LogP contribution in [-0.2, 0) is 23.2 Å². The minimum Gasteiger partial charge on any atom is -0.457 e. The molecule has 6 atom stereocenters. The lowest BCUT2D eigenvalue weighted by molar-refractivity contribution is -0.384. The highest BCUT2D eigenvalue weighted by Gasteiger charge is 2.40. The summed E-state index contributed by atoms with van der Waals surface area (Å²) >= 11 is 0. The lowest BCUT2D eigenvalue weighted by Crippen LogP contribution is -2.44. The third-order valence-electron chi connectivity index (χ3n) is 11.2. The third kappa shape index (κ3) is 14.2. The zero-order valence-electron chi connectivity index (χ0n) is 34.4. The van der Waals surface area contributed by atoms with Crippen LogP contribution in [-0.4, -0.2) is 52.3 Å². The zero-order valence-corrected chi connectivity index (χ0v) is 36.4. The fourth-order valence-electron chi connectivity index (χ4n) is 5.43. The lowest BCUT2D eigenvalue weighted by atomic mass is 9.84. The smallest absolute Gasteiger partial charge is 0.311 e. The van der Waals surface area contributed by atoms with Crippen LogP contribution in [0.1, 0.15) is 94.9 Å². The van der Waals surface area contributed by atoms with Crippen molar-refractivity contribution in [3.63, 3.8) is 0 Å². The minimum atomic E-state index is -2.21. The van der Waals surface area contributed by atoms with Gasteiger partial charge in [-0.2, -0.15) is 0 Å². The molecule has 11 heteroatoms. The molecule has 1 aliphatic heterocycles. The molecule has 9 nitrogen and oxygen atoms in total. The number of benzene rings is 1. The summed E-state index contributed by atoms with van der Waals surface area (Å²) in [4.78, 5) is 37.4. The molecule has 0 amide bonds. The number of rotatable bonds is 12. The molecule has 0 saturated carbocycles. The van der Waals surface area contributed by atoms with E-state index in [0.29, 0.717) is 13.0 Å². The first-order chi connectivity index (χ1) is 23.8. The van der Waals surface area contributed by atoms with E-state index in [1.54, 1.807) is 0 Å². The quantitative estimate of drug-likeness (QED) is 0.0394. The van der Waals surface area contributed by atoms with E-state index in [0.717, 1.165) is 12.0 Å². The van der Waals surface area contributed by atoms with Gasteiger partial charge in [0, 0.05) is 24.7 Å². The molecule has 1 aliphatic rings. The molecule has 292 valence electrons. The van der Waals surface area contributed by atoms with E-state index in [9.17, 15) is 19.7 Å². The number of nitro benzene ring substituents is 1. The summed E-state index contributed by atoms with van der Waals surface area (Å²) in [6, 6.07) is 5.51. The number of hydrogen-bond donors (Lipinski definition) is 0. The van der Waals surface area contributed by atoms with Crippen LogP contribution >= 0.6 is 0 Å². The highest BCUT2D eigenvalue weighted by atomic mass is 28.4. The molecule has 0 radical (unpaired) electrons. The zero-order chi connectivity index (χ0) is 39.7. The molecular weight excluding hydrogens is 691 g/mol. The van der Waals surface area contributed by atoms with Gasteiger partial charge in [0.15, 0.2) is 16.6 Å². The van der Waals surface area contributed by atoms with Gasteiger partial charge in [0.25, 0.3) is 5.69 Å². The maximum absolute atomic E-state index is 13.6. The van der Waals surface area contributed by atoms with Gasteiger partial charge in [0.2, 0.25) is 0 Å². The second-order valence-electron chi connectivity index (χ2n) is 17.9. The molecule has 0 aromatic heterocycles. The van der Waals surface area contributed by atoms with Crippen molar-refractivity contribution in [2.24, 2.45) is 23.7 Å². The molecule has 1 aromatic rings. The van der Waals surface area contributed by atoms with Gasteiger partial charge in [-0.05, 0) is 91.5 Å². The summed E-state index contributed by atoms with van der Waals surface area (Å²) in [5.74, 6) is -0.454.